The van der Waals surface area contributed by atoms with E-state index in [2.05, 4.69) is 20.8 Å². The van der Waals surface area contributed by atoms with Gasteiger partial charge in [0.2, 0.25) is 0 Å². The van der Waals surface area contributed by atoms with Gasteiger partial charge in [-0.05, 0) is 61.5 Å². The number of hydrazone groups is 1. The van der Waals surface area contributed by atoms with E-state index in [0.717, 1.165) is 5.69 Å². The third kappa shape index (κ3) is 5.25. The molecule has 0 unspecified atom stereocenters. The second-order valence-corrected chi connectivity index (χ2v) is 6.38. The van der Waals surface area contributed by atoms with Crippen molar-refractivity contribution >= 4 is 35.3 Å². The second kappa shape index (κ2) is 8.92. The number of halogens is 1. The van der Waals surface area contributed by atoms with Crippen LogP contribution < -0.4 is 10.7 Å². The van der Waals surface area contributed by atoms with E-state index in [0.29, 0.717) is 27.5 Å². The summed E-state index contributed by atoms with van der Waals surface area (Å²) in [5.41, 5.74) is 5.39. The predicted octanol–water partition coefficient (Wildman–Crippen LogP) is 4.06. The molecule has 0 aliphatic rings. The van der Waals surface area contributed by atoms with Gasteiger partial charge >= 0.3 is 0 Å². The quantitative estimate of drug-likeness (QED) is 0.507. The number of carbonyl (C=O) groups excluding carboxylic acids is 2. The lowest BCUT2D eigenvalue weighted by molar-refractivity contribution is 0.0954. The number of pyridine rings is 1. The summed E-state index contributed by atoms with van der Waals surface area (Å²) in [6.45, 7) is 1.88. The lowest BCUT2D eigenvalue weighted by Gasteiger charge is -2.06. The molecule has 6 nitrogen and oxygen atoms in total. The summed E-state index contributed by atoms with van der Waals surface area (Å²) in [6, 6.07) is 18.7. The molecule has 2 N–H and O–H groups in total. The van der Waals surface area contributed by atoms with Crippen molar-refractivity contribution < 1.29 is 9.59 Å². The average Bonchev–Trinajstić information content (AvgIpc) is 2.68. The zero-order chi connectivity index (χ0) is 19.9. The van der Waals surface area contributed by atoms with Crippen LogP contribution in [0.25, 0.3) is 0 Å². The van der Waals surface area contributed by atoms with Gasteiger partial charge in [-0.3, -0.25) is 14.6 Å². The number of hydrogen-bond acceptors (Lipinski definition) is 4. The van der Waals surface area contributed by atoms with E-state index in [1.54, 1.807) is 54.6 Å². The topological polar surface area (TPSA) is 83.5 Å². The first-order chi connectivity index (χ1) is 13.5. The molecule has 7 heteroatoms. The Balaban J connectivity index is 1.59. The van der Waals surface area contributed by atoms with Crippen molar-refractivity contribution in [2.45, 2.75) is 6.92 Å². The molecule has 0 fully saturated rings. The standard InChI is InChI=1S/C21H17ClN4O2/c1-14-4-2-7-19(24-14)13-23-26-21(28)15-8-10-18(11-9-15)25-20(27)16-5-3-6-17(22)12-16/h2-13H,1H3,(H,25,27)(H,26,28). The van der Waals surface area contributed by atoms with E-state index in [-0.39, 0.29) is 11.8 Å². The van der Waals surface area contributed by atoms with Gasteiger partial charge in [0, 0.05) is 27.5 Å². The summed E-state index contributed by atoms with van der Waals surface area (Å²) in [5, 5.41) is 7.15. The summed E-state index contributed by atoms with van der Waals surface area (Å²) in [4.78, 5) is 28.6. The maximum atomic E-state index is 12.2. The number of carbonyl (C=O) groups is 2. The number of amides is 2. The summed E-state index contributed by atoms with van der Waals surface area (Å²) in [5.74, 6) is -0.647. The van der Waals surface area contributed by atoms with Crippen molar-refractivity contribution in [3.8, 4) is 0 Å². The minimum Gasteiger partial charge on any atom is -0.322 e. The van der Waals surface area contributed by atoms with Crippen LogP contribution in [-0.4, -0.2) is 23.0 Å². The monoisotopic (exact) mass is 392 g/mol. The molecule has 0 radical (unpaired) electrons. The normalized spacial score (nSPS) is 10.6. The van der Waals surface area contributed by atoms with E-state index in [9.17, 15) is 9.59 Å². The molecule has 1 heterocycles. The zero-order valence-corrected chi connectivity index (χ0v) is 15.8. The molecular weight excluding hydrogens is 376 g/mol. The summed E-state index contributed by atoms with van der Waals surface area (Å²) in [7, 11) is 0. The Morgan fingerprint density at radius 3 is 2.43 bits per heavy atom. The van der Waals surface area contributed by atoms with Crippen molar-refractivity contribution in [1.29, 1.82) is 0 Å². The molecule has 0 saturated carbocycles. The van der Waals surface area contributed by atoms with E-state index in [1.165, 1.54) is 6.21 Å². The molecule has 1 aromatic heterocycles. The number of nitrogens with one attached hydrogen (secondary N) is 2. The van der Waals surface area contributed by atoms with Crippen LogP contribution in [0.3, 0.4) is 0 Å². The first kappa shape index (κ1) is 19.3. The third-order valence-corrected chi connectivity index (χ3v) is 4.00. The molecular formula is C21H17ClN4O2. The van der Waals surface area contributed by atoms with Crippen LogP contribution in [-0.2, 0) is 0 Å². The highest BCUT2D eigenvalue weighted by Crippen LogP contribution is 2.14. The molecule has 2 aromatic carbocycles. The fourth-order valence-electron chi connectivity index (χ4n) is 2.40. The number of hydrogen-bond donors (Lipinski definition) is 2. The van der Waals surface area contributed by atoms with Crippen LogP contribution >= 0.6 is 11.6 Å². The Labute approximate surface area is 167 Å². The largest absolute Gasteiger partial charge is 0.322 e. The smallest absolute Gasteiger partial charge is 0.271 e. The van der Waals surface area contributed by atoms with Gasteiger partial charge in [0.25, 0.3) is 11.8 Å². The molecule has 2 amide bonds. The van der Waals surface area contributed by atoms with Gasteiger partial charge in [-0.2, -0.15) is 5.10 Å². The van der Waals surface area contributed by atoms with Crippen LogP contribution in [0, 0.1) is 6.92 Å². The van der Waals surface area contributed by atoms with E-state index < -0.39 is 0 Å². The van der Waals surface area contributed by atoms with Crippen LogP contribution in [0.15, 0.2) is 71.8 Å². The predicted molar refractivity (Wildman–Crippen MR) is 110 cm³/mol. The molecule has 28 heavy (non-hydrogen) atoms. The molecule has 0 saturated heterocycles. The molecule has 0 aliphatic heterocycles. The Morgan fingerprint density at radius 1 is 0.964 bits per heavy atom. The fraction of sp³-hybridized carbons (Fsp3) is 0.0476. The lowest BCUT2D eigenvalue weighted by atomic mass is 10.1. The van der Waals surface area contributed by atoms with Gasteiger partial charge in [0.15, 0.2) is 0 Å². The van der Waals surface area contributed by atoms with Gasteiger partial charge in [-0.15, -0.1) is 0 Å². The van der Waals surface area contributed by atoms with Crippen LogP contribution in [0.1, 0.15) is 32.1 Å². The Kier molecular flexibility index (Phi) is 6.14. The summed E-state index contributed by atoms with van der Waals surface area (Å²) >= 11 is 5.90. The highest BCUT2D eigenvalue weighted by Gasteiger charge is 2.08. The van der Waals surface area contributed by atoms with Crippen LogP contribution in [0.2, 0.25) is 5.02 Å². The van der Waals surface area contributed by atoms with Gasteiger partial charge in [0.05, 0.1) is 11.9 Å². The van der Waals surface area contributed by atoms with Crippen molar-refractivity contribution in [2.75, 3.05) is 5.32 Å². The molecule has 0 spiro atoms. The summed E-state index contributed by atoms with van der Waals surface area (Å²) < 4.78 is 0. The number of nitrogens with zero attached hydrogens (tertiary/aromatic N) is 2. The number of rotatable bonds is 5. The van der Waals surface area contributed by atoms with Crippen molar-refractivity contribution in [3.05, 3.63) is 94.3 Å². The Hall–Kier alpha value is -3.51. The van der Waals surface area contributed by atoms with Crippen molar-refractivity contribution in [1.82, 2.24) is 10.4 Å². The number of benzene rings is 2. The maximum absolute atomic E-state index is 12.2. The second-order valence-electron chi connectivity index (χ2n) is 5.94. The lowest BCUT2D eigenvalue weighted by Crippen LogP contribution is -2.18. The Bertz CT molecular complexity index is 1030. The third-order valence-electron chi connectivity index (χ3n) is 3.76. The highest BCUT2D eigenvalue weighted by molar-refractivity contribution is 6.31. The first-order valence-corrected chi connectivity index (χ1v) is 8.83. The van der Waals surface area contributed by atoms with E-state index in [1.807, 2.05) is 19.1 Å². The first-order valence-electron chi connectivity index (χ1n) is 8.45. The minimum absolute atomic E-state index is 0.282. The average molecular weight is 393 g/mol. The molecule has 0 atom stereocenters. The van der Waals surface area contributed by atoms with Crippen LogP contribution in [0.4, 0.5) is 5.69 Å². The van der Waals surface area contributed by atoms with E-state index >= 15 is 0 Å². The van der Waals surface area contributed by atoms with Gasteiger partial charge < -0.3 is 5.32 Å². The van der Waals surface area contributed by atoms with Gasteiger partial charge in [-0.1, -0.05) is 23.7 Å². The molecule has 3 rings (SSSR count). The van der Waals surface area contributed by atoms with Gasteiger partial charge in [-0.25, -0.2) is 5.43 Å². The molecule has 0 aliphatic carbocycles. The van der Waals surface area contributed by atoms with Gasteiger partial charge in [0.1, 0.15) is 0 Å². The minimum atomic E-state index is -0.364. The number of aryl methyl sites for hydroxylation is 1. The zero-order valence-electron chi connectivity index (χ0n) is 15.0. The number of anilines is 1. The highest BCUT2D eigenvalue weighted by atomic mass is 35.5. The Morgan fingerprint density at radius 2 is 1.71 bits per heavy atom. The van der Waals surface area contributed by atoms with Crippen molar-refractivity contribution in [3.63, 3.8) is 0 Å². The maximum Gasteiger partial charge on any atom is 0.271 e. The van der Waals surface area contributed by atoms with Crippen LogP contribution in [0.5, 0.6) is 0 Å². The SMILES string of the molecule is Cc1cccc(C=NNC(=O)c2ccc(NC(=O)c3cccc(Cl)c3)cc2)n1. The van der Waals surface area contributed by atoms with Crippen molar-refractivity contribution in [2.24, 2.45) is 5.10 Å². The molecule has 140 valence electrons. The van der Waals surface area contributed by atoms with E-state index in [4.69, 9.17) is 11.6 Å². The number of aromatic nitrogens is 1. The fourth-order valence-corrected chi connectivity index (χ4v) is 2.59. The molecule has 0 bridgehead atoms. The molecule has 3 aromatic rings. The summed E-state index contributed by atoms with van der Waals surface area (Å²) in [6.07, 6.45) is 1.48.